The number of carbonyl (C=O) groups excluding carboxylic acids is 1. The first kappa shape index (κ1) is 16.2. The minimum Gasteiger partial charge on any atom is -0.353 e. The predicted octanol–water partition coefficient (Wildman–Crippen LogP) is 2.61. The quantitative estimate of drug-likeness (QED) is 0.449. The number of nitrogens with zero attached hydrogens (tertiary/aromatic N) is 3. The van der Waals surface area contributed by atoms with Crippen LogP contribution >= 0.6 is 0 Å². The zero-order valence-corrected chi connectivity index (χ0v) is 12.8. The Morgan fingerprint density at radius 3 is 2.35 bits per heavy atom. The van der Waals surface area contributed by atoms with Crippen LogP contribution in [0.25, 0.3) is 0 Å². The van der Waals surface area contributed by atoms with Gasteiger partial charge in [0.05, 0.1) is 0 Å². The van der Waals surface area contributed by atoms with E-state index in [0.29, 0.717) is 0 Å². The lowest BCUT2D eigenvalue weighted by molar-refractivity contribution is -0.127. The molecule has 0 unspecified atom stereocenters. The second kappa shape index (κ2) is 8.35. The first-order valence-electron chi connectivity index (χ1n) is 7.16. The summed E-state index contributed by atoms with van der Waals surface area (Å²) < 4.78 is 0. The second-order valence-electron chi connectivity index (χ2n) is 4.75. The molecule has 4 nitrogen and oxygen atoms in total. The number of amides is 1. The van der Waals surface area contributed by atoms with Crippen molar-refractivity contribution >= 4 is 11.7 Å². The fourth-order valence-corrected chi connectivity index (χ4v) is 2.24. The monoisotopic (exact) mass is 275 g/mol. The van der Waals surface area contributed by atoms with Crippen LogP contribution in [0.2, 0.25) is 0 Å². The van der Waals surface area contributed by atoms with Gasteiger partial charge < -0.3 is 9.80 Å². The van der Waals surface area contributed by atoms with Crippen LogP contribution in [-0.4, -0.2) is 47.7 Å². The summed E-state index contributed by atoms with van der Waals surface area (Å²) in [5.41, 5.74) is 1.19. The Balaban J connectivity index is 2.78. The van der Waals surface area contributed by atoms with E-state index in [4.69, 9.17) is 0 Å². The molecule has 0 atom stereocenters. The van der Waals surface area contributed by atoms with E-state index in [0.717, 1.165) is 38.4 Å². The van der Waals surface area contributed by atoms with Gasteiger partial charge in [-0.1, -0.05) is 25.7 Å². The van der Waals surface area contributed by atoms with Gasteiger partial charge in [0.2, 0.25) is 5.91 Å². The van der Waals surface area contributed by atoms with Crippen LogP contribution in [0, 0.1) is 0 Å². The van der Waals surface area contributed by atoms with E-state index in [-0.39, 0.29) is 5.91 Å². The SMILES string of the molecule is C=CC(=O)N1CCN(C(=N\C=C/C)/C(C)=C/CC)CC1. The first-order valence-corrected chi connectivity index (χ1v) is 7.16. The minimum atomic E-state index is 0.0115. The van der Waals surface area contributed by atoms with Crippen molar-refractivity contribution in [2.45, 2.75) is 27.2 Å². The summed E-state index contributed by atoms with van der Waals surface area (Å²) in [4.78, 5) is 20.2. The van der Waals surface area contributed by atoms with Crippen molar-refractivity contribution in [1.29, 1.82) is 0 Å². The number of hydrogen-bond donors (Lipinski definition) is 0. The minimum absolute atomic E-state index is 0.0115. The van der Waals surface area contributed by atoms with Crippen molar-refractivity contribution in [2.24, 2.45) is 4.99 Å². The highest BCUT2D eigenvalue weighted by Gasteiger charge is 2.22. The normalized spacial score (nSPS) is 17.8. The zero-order chi connectivity index (χ0) is 15.0. The van der Waals surface area contributed by atoms with Gasteiger partial charge in [-0.05, 0) is 31.9 Å². The molecule has 0 N–H and O–H groups in total. The van der Waals surface area contributed by atoms with Crippen molar-refractivity contribution in [1.82, 2.24) is 9.80 Å². The number of hydrogen-bond acceptors (Lipinski definition) is 2. The Hall–Kier alpha value is -1.84. The molecule has 0 aromatic carbocycles. The maximum atomic E-state index is 11.6. The third-order valence-corrected chi connectivity index (χ3v) is 3.27. The van der Waals surface area contributed by atoms with Crippen LogP contribution in [-0.2, 0) is 4.79 Å². The van der Waals surface area contributed by atoms with E-state index in [9.17, 15) is 4.79 Å². The maximum absolute atomic E-state index is 11.6. The number of piperazine rings is 1. The molecular weight excluding hydrogens is 250 g/mol. The van der Waals surface area contributed by atoms with Crippen LogP contribution in [0.3, 0.4) is 0 Å². The average molecular weight is 275 g/mol. The molecule has 1 fully saturated rings. The largest absolute Gasteiger partial charge is 0.353 e. The second-order valence-corrected chi connectivity index (χ2v) is 4.75. The van der Waals surface area contributed by atoms with Gasteiger partial charge in [-0.25, -0.2) is 4.99 Å². The van der Waals surface area contributed by atoms with Gasteiger partial charge in [0, 0.05) is 32.4 Å². The number of amidine groups is 1. The summed E-state index contributed by atoms with van der Waals surface area (Å²) in [6, 6.07) is 0. The molecule has 0 radical (unpaired) electrons. The van der Waals surface area contributed by atoms with Gasteiger partial charge in [-0.15, -0.1) is 0 Å². The average Bonchev–Trinajstić information content (AvgIpc) is 2.48. The summed E-state index contributed by atoms with van der Waals surface area (Å²) in [5, 5.41) is 0. The molecule has 20 heavy (non-hydrogen) atoms. The lowest BCUT2D eigenvalue weighted by Gasteiger charge is -2.36. The Kier molecular flexibility index (Phi) is 6.77. The summed E-state index contributed by atoms with van der Waals surface area (Å²) in [6.07, 6.45) is 8.31. The highest BCUT2D eigenvalue weighted by atomic mass is 16.2. The fraction of sp³-hybridized carbons (Fsp3) is 0.500. The van der Waals surface area contributed by atoms with Crippen LogP contribution in [0.1, 0.15) is 27.2 Å². The molecule has 110 valence electrons. The Bertz CT molecular complexity index is 427. The van der Waals surface area contributed by atoms with E-state index in [2.05, 4.69) is 36.4 Å². The van der Waals surface area contributed by atoms with Crippen LogP contribution in [0.5, 0.6) is 0 Å². The topological polar surface area (TPSA) is 35.9 Å². The van der Waals surface area contributed by atoms with Gasteiger partial charge in [0.1, 0.15) is 5.84 Å². The van der Waals surface area contributed by atoms with Crippen molar-refractivity contribution in [3.8, 4) is 0 Å². The smallest absolute Gasteiger partial charge is 0.246 e. The molecule has 1 rings (SSSR count). The Labute approximate surface area is 122 Å². The van der Waals surface area contributed by atoms with Gasteiger partial charge in [-0.3, -0.25) is 4.79 Å². The van der Waals surface area contributed by atoms with E-state index in [1.54, 1.807) is 0 Å². The van der Waals surface area contributed by atoms with Crippen molar-refractivity contribution in [3.05, 3.63) is 36.6 Å². The maximum Gasteiger partial charge on any atom is 0.246 e. The first-order chi connectivity index (χ1) is 9.63. The summed E-state index contributed by atoms with van der Waals surface area (Å²) >= 11 is 0. The van der Waals surface area contributed by atoms with Crippen molar-refractivity contribution < 1.29 is 4.79 Å². The molecular formula is C16H25N3O. The van der Waals surface area contributed by atoms with Crippen molar-refractivity contribution in [2.75, 3.05) is 26.2 Å². The molecule has 4 heteroatoms. The molecule has 1 saturated heterocycles. The number of aliphatic imine (C=N–C) groups is 1. The predicted molar refractivity (Wildman–Crippen MR) is 84.6 cm³/mol. The van der Waals surface area contributed by atoms with Crippen LogP contribution in [0.15, 0.2) is 41.6 Å². The molecule has 0 saturated carbocycles. The van der Waals surface area contributed by atoms with Gasteiger partial charge in [0.15, 0.2) is 0 Å². The number of allylic oxidation sites excluding steroid dienone is 2. The fourth-order valence-electron chi connectivity index (χ4n) is 2.24. The van der Waals surface area contributed by atoms with Crippen LogP contribution in [0.4, 0.5) is 0 Å². The summed E-state index contributed by atoms with van der Waals surface area (Å²) in [5.74, 6) is 1.02. The number of carbonyl (C=O) groups is 1. The molecule has 0 aromatic rings. The third-order valence-electron chi connectivity index (χ3n) is 3.27. The standard InChI is InChI=1S/C16H25N3O/c1-5-8-14(4)16(17-9-6-2)19-12-10-18(11-13-19)15(20)7-3/h6-9H,3,5,10-13H2,1-2,4H3/b9-6-,14-8+,17-16-. The molecule has 1 heterocycles. The van der Waals surface area contributed by atoms with E-state index < -0.39 is 0 Å². The molecule has 0 spiro atoms. The number of rotatable bonds is 4. The lowest BCUT2D eigenvalue weighted by Crippen LogP contribution is -2.50. The highest BCUT2D eigenvalue weighted by Crippen LogP contribution is 2.10. The molecule has 1 aliphatic rings. The summed E-state index contributed by atoms with van der Waals surface area (Å²) in [7, 11) is 0. The van der Waals surface area contributed by atoms with Gasteiger partial charge in [-0.2, -0.15) is 0 Å². The van der Waals surface area contributed by atoms with E-state index >= 15 is 0 Å². The molecule has 0 aromatic heterocycles. The highest BCUT2D eigenvalue weighted by molar-refractivity contribution is 5.98. The summed E-state index contributed by atoms with van der Waals surface area (Å²) in [6.45, 7) is 12.8. The Morgan fingerprint density at radius 1 is 1.25 bits per heavy atom. The van der Waals surface area contributed by atoms with E-state index in [1.807, 2.05) is 24.1 Å². The molecule has 0 aliphatic carbocycles. The molecule has 1 aliphatic heterocycles. The van der Waals surface area contributed by atoms with E-state index in [1.165, 1.54) is 11.6 Å². The Morgan fingerprint density at radius 2 is 1.85 bits per heavy atom. The third kappa shape index (κ3) is 4.37. The molecule has 1 amide bonds. The lowest BCUT2D eigenvalue weighted by atomic mass is 10.2. The van der Waals surface area contributed by atoms with Gasteiger partial charge in [0.25, 0.3) is 0 Å². The van der Waals surface area contributed by atoms with Crippen molar-refractivity contribution in [3.63, 3.8) is 0 Å². The van der Waals surface area contributed by atoms with Crippen LogP contribution < -0.4 is 0 Å². The van der Waals surface area contributed by atoms with Gasteiger partial charge >= 0.3 is 0 Å². The zero-order valence-electron chi connectivity index (χ0n) is 12.8. The molecule has 0 bridgehead atoms.